The van der Waals surface area contributed by atoms with Crippen molar-refractivity contribution in [3.63, 3.8) is 0 Å². The normalized spacial score (nSPS) is 27.5. The summed E-state index contributed by atoms with van der Waals surface area (Å²) in [5.74, 6) is -3.64. The predicted octanol–water partition coefficient (Wildman–Crippen LogP) is 1.38. The van der Waals surface area contributed by atoms with Crippen LogP contribution in [-0.2, 0) is 14.3 Å². The second-order valence-corrected chi connectivity index (χ2v) is 5.57. The van der Waals surface area contributed by atoms with Crippen LogP contribution < -0.4 is 0 Å². The van der Waals surface area contributed by atoms with Gasteiger partial charge in [0.15, 0.2) is 6.10 Å². The van der Waals surface area contributed by atoms with Gasteiger partial charge in [0.25, 0.3) is 0 Å². The number of hydrogen-bond donors (Lipinski definition) is 1. The van der Waals surface area contributed by atoms with Crippen LogP contribution in [0, 0.1) is 17.6 Å². The quantitative estimate of drug-likeness (QED) is 0.916. The number of ether oxygens (including phenoxy) is 1. The van der Waals surface area contributed by atoms with E-state index in [1.165, 1.54) is 23.1 Å². The third-order valence-electron chi connectivity index (χ3n) is 4.13. The van der Waals surface area contributed by atoms with Gasteiger partial charge in [0.1, 0.15) is 11.6 Å². The van der Waals surface area contributed by atoms with Crippen molar-refractivity contribution in [3.8, 4) is 0 Å². The van der Waals surface area contributed by atoms with E-state index >= 15 is 0 Å². The molecule has 5 nitrogen and oxygen atoms in total. The van der Waals surface area contributed by atoms with Crippen LogP contribution in [0.15, 0.2) is 18.2 Å². The Balaban J connectivity index is 1.69. The first kappa shape index (κ1) is 14.9. The zero-order chi connectivity index (χ0) is 15.9. The summed E-state index contributed by atoms with van der Waals surface area (Å²) in [6, 6.07) is 3.63. The second-order valence-electron chi connectivity index (χ2n) is 5.57. The molecule has 0 bridgehead atoms. The SMILES string of the molecule is O=C(O)[C@@H]1CN(C(=O)[C@@H]2C[C@H]2c2c(F)cccc2F)CCO1. The molecule has 2 fully saturated rings. The predicted molar refractivity (Wildman–Crippen MR) is 71.2 cm³/mol. The van der Waals surface area contributed by atoms with Crippen LogP contribution in [0.5, 0.6) is 0 Å². The minimum Gasteiger partial charge on any atom is -0.479 e. The number of rotatable bonds is 3. The van der Waals surface area contributed by atoms with Gasteiger partial charge in [-0.3, -0.25) is 4.79 Å². The van der Waals surface area contributed by atoms with E-state index in [0.717, 1.165) is 0 Å². The van der Waals surface area contributed by atoms with Gasteiger partial charge >= 0.3 is 5.97 Å². The van der Waals surface area contributed by atoms with Crippen LogP contribution in [0.1, 0.15) is 17.9 Å². The van der Waals surface area contributed by atoms with Crippen LogP contribution in [-0.4, -0.2) is 47.7 Å². The van der Waals surface area contributed by atoms with Crippen molar-refractivity contribution in [1.29, 1.82) is 0 Å². The van der Waals surface area contributed by atoms with E-state index in [9.17, 15) is 18.4 Å². The smallest absolute Gasteiger partial charge is 0.334 e. The van der Waals surface area contributed by atoms with Crippen molar-refractivity contribution in [1.82, 2.24) is 4.90 Å². The fourth-order valence-electron chi connectivity index (χ4n) is 2.89. The molecule has 1 heterocycles. The van der Waals surface area contributed by atoms with E-state index < -0.39 is 35.5 Å². The van der Waals surface area contributed by atoms with Crippen molar-refractivity contribution >= 4 is 11.9 Å². The number of carboxylic acid groups (broad SMARTS) is 1. The van der Waals surface area contributed by atoms with Gasteiger partial charge in [-0.2, -0.15) is 0 Å². The summed E-state index contributed by atoms with van der Waals surface area (Å²) in [5.41, 5.74) is -0.0519. The number of nitrogens with zero attached hydrogens (tertiary/aromatic N) is 1. The third kappa shape index (κ3) is 2.68. The molecule has 1 aromatic carbocycles. The first-order valence-corrected chi connectivity index (χ1v) is 7.06. The molecular formula is C15H15F2NO4. The lowest BCUT2D eigenvalue weighted by Gasteiger charge is -2.31. The Morgan fingerprint density at radius 1 is 1.27 bits per heavy atom. The number of carbonyl (C=O) groups excluding carboxylic acids is 1. The molecule has 1 aromatic rings. The molecule has 1 saturated heterocycles. The highest BCUT2D eigenvalue weighted by molar-refractivity contribution is 5.84. The van der Waals surface area contributed by atoms with Crippen LogP contribution in [0.25, 0.3) is 0 Å². The molecule has 3 atom stereocenters. The largest absolute Gasteiger partial charge is 0.479 e. The summed E-state index contributed by atoms with van der Waals surface area (Å²) in [7, 11) is 0. The maximum absolute atomic E-state index is 13.7. The molecule has 0 aromatic heterocycles. The summed E-state index contributed by atoms with van der Waals surface area (Å²) >= 11 is 0. The minimum atomic E-state index is -1.12. The highest BCUT2D eigenvalue weighted by Crippen LogP contribution is 2.50. The summed E-state index contributed by atoms with van der Waals surface area (Å²) in [4.78, 5) is 24.7. The molecular weight excluding hydrogens is 296 g/mol. The van der Waals surface area contributed by atoms with Crippen LogP contribution in [0.4, 0.5) is 8.78 Å². The van der Waals surface area contributed by atoms with Crippen molar-refractivity contribution in [2.24, 2.45) is 5.92 Å². The lowest BCUT2D eigenvalue weighted by Crippen LogP contribution is -2.49. The molecule has 0 spiro atoms. The van der Waals surface area contributed by atoms with Gasteiger partial charge < -0.3 is 14.7 Å². The van der Waals surface area contributed by atoms with Gasteiger partial charge in [0.2, 0.25) is 5.91 Å². The fraction of sp³-hybridized carbons (Fsp3) is 0.467. The van der Waals surface area contributed by atoms with E-state index in [1.807, 2.05) is 0 Å². The van der Waals surface area contributed by atoms with Gasteiger partial charge in [-0.1, -0.05) is 6.07 Å². The first-order valence-electron chi connectivity index (χ1n) is 7.06. The van der Waals surface area contributed by atoms with Crippen LogP contribution in [0.2, 0.25) is 0 Å². The van der Waals surface area contributed by atoms with Gasteiger partial charge in [-0.25, -0.2) is 13.6 Å². The molecule has 0 unspecified atom stereocenters. The van der Waals surface area contributed by atoms with Crippen LogP contribution >= 0.6 is 0 Å². The van der Waals surface area contributed by atoms with E-state index in [0.29, 0.717) is 13.0 Å². The second kappa shape index (κ2) is 5.64. The van der Waals surface area contributed by atoms with Crippen molar-refractivity contribution < 1.29 is 28.2 Å². The number of carboxylic acids is 1. The van der Waals surface area contributed by atoms with Gasteiger partial charge in [0.05, 0.1) is 13.2 Å². The number of benzene rings is 1. The molecule has 0 radical (unpaired) electrons. The number of amides is 1. The number of halogens is 2. The summed E-state index contributed by atoms with van der Waals surface area (Å²) in [6.45, 7) is 0.414. The lowest BCUT2D eigenvalue weighted by molar-refractivity contribution is -0.159. The standard InChI is InChI=1S/C15H15F2NO4/c16-10-2-1-3-11(17)13(10)8-6-9(8)14(19)18-4-5-22-12(7-18)15(20)21/h1-3,8-9,12H,4-7H2,(H,20,21)/t8-,9-,12+/m1/s1. The molecule has 1 N–H and O–H groups in total. The molecule has 1 amide bonds. The Morgan fingerprint density at radius 2 is 1.95 bits per heavy atom. The lowest BCUT2D eigenvalue weighted by atomic mass is 10.1. The Kier molecular flexibility index (Phi) is 3.82. The van der Waals surface area contributed by atoms with Crippen molar-refractivity contribution in [3.05, 3.63) is 35.4 Å². The third-order valence-corrected chi connectivity index (χ3v) is 4.13. The average Bonchev–Trinajstić information content (AvgIpc) is 3.26. The Bertz CT molecular complexity index is 601. The molecule has 1 aliphatic carbocycles. The zero-order valence-electron chi connectivity index (χ0n) is 11.7. The van der Waals surface area contributed by atoms with Crippen molar-refractivity contribution in [2.45, 2.75) is 18.4 Å². The maximum Gasteiger partial charge on any atom is 0.334 e. The average molecular weight is 311 g/mol. The molecule has 1 aliphatic heterocycles. The Morgan fingerprint density at radius 3 is 2.59 bits per heavy atom. The summed E-state index contributed by atoms with van der Waals surface area (Å²) in [5, 5.41) is 8.93. The molecule has 1 saturated carbocycles. The highest BCUT2D eigenvalue weighted by atomic mass is 19.1. The van der Waals surface area contributed by atoms with Crippen LogP contribution in [0.3, 0.4) is 0 Å². The summed E-state index contributed by atoms with van der Waals surface area (Å²) in [6.07, 6.45) is -0.661. The number of aliphatic carboxylic acids is 1. The molecule has 3 rings (SSSR count). The molecule has 2 aliphatic rings. The van der Waals surface area contributed by atoms with Gasteiger partial charge in [0, 0.05) is 23.9 Å². The van der Waals surface area contributed by atoms with E-state index in [2.05, 4.69) is 0 Å². The fourth-order valence-corrected chi connectivity index (χ4v) is 2.89. The topological polar surface area (TPSA) is 66.8 Å². The number of hydrogen-bond acceptors (Lipinski definition) is 3. The van der Waals surface area contributed by atoms with E-state index in [1.54, 1.807) is 0 Å². The van der Waals surface area contributed by atoms with Gasteiger partial charge in [-0.15, -0.1) is 0 Å². The number of carbonyl (C=O) groups is 2. The molecule has 22 heavy (non-hydrogen) atoms. The molecule has 7 heteroatoms. The zero-order valence-corrected chi connectivity index (χ0v) is 11.7. The van der Waals surface area contributed by atoms with E-state index in [-0.39, 0.29) is 24.6 Å². The maximum atomic E-state index is 13.7. The van der Waals surface area contributed by atoms with Crippen molar-refractivity contribution in [2.75, 3.05) is 19.7 Å². The Labute approximate surface area is 125 Å². The minimum absolute atomic E-state index is 0.0306. The Hall–Kier alpha value is -2.02. The molecule has 118 valence electrons. The number of morpholine rings is 1. The first-order chi connectivity index (χ1) is 10.5. The van der Waals surface area contributed by atoms with Gasteiger partial charge in [-0.05, 0) is 18.6 Å². The monoisotopic (exact) mass is 311 g/mol. The van der Waals surface area contributed by atoms with E-state index in [4.69, 9.17) is 9.84 Å². The summed E-state index contributed by atoms with van der Waals surface area (Å²) < 4.78 is 32.5. The highest BCUT2D eigenvalue weighted by Gasteiger charge is 2.49.